The number of nitrogen functional groups attached to an aromatic ring is 1. The fourth-order valence-corrected chi connectivity index (χ4v) is 1.48. The molecule has 0 radical (unpaired) electrons. The maximum atomic E-state index is 6.07. The van der Waals surface area contributed by atoms with E-state index in [2.05, 4.69) is 19.2 Å². The van der Waals surface area contributed by atoms with E-state index in [0.29, 0.717) is 11.6 Å². The molecular weight excluding hydrogens is 212 g/mol. The van der Waals surface area contributed by atoms with Crippen LogP contribution >= 0.6 is 0 Å². The zero-order chi connectivity index (χ0) is 12.8. The molecule has 1 atom stereocenters. The van der Waals surface area contributed by atoms with Crippen LogP contribution in [0.4, 0.5) is 11.4 Å². The van der Waals surface area contributed by atoms with Crippen LogP contribution in [0, 0.1) is 5.92 Å². The monoisotopic (exact) mass is 236 g/mol. The van der Waals surface area contributed by atoms with E-state index >= 15 is 0 Å². The van der Waals surface area contributed by atoms with Gasteiger partial charge in [-0.2, -0.15) is 0 Å². The van der Waals surface area contributed by atoms with E-state index in [-0.39, 0.29) is 6.10 Å². The zero-order valence-electron chi connectivity index (χ0n) is 11.3. The van der Waals surface area contributed by atoms with Gasteiger partial charge in [-0.15, -0.1) is 0 Å². The number of benzene rings is 1. The molecule has 3 nitrogen and oxygen atoms in total. The van der Waals surface area contributed by atoms with E-state index in [1.54, 1.807) is 0 Å². The largest absolute Gasteiger partial charge is 0.489 e. The second-order valence-corrected chi connectivity index (χ2v) is 4.78. The molecule has 3 N–H and O–H groups in total. The molecule has 0 spiro atoms. The van der Waals surface area contributed by atoms with Crippen LogP contribution in [0.15, 0.2) is 18.2 Å². The summed E-state index contributed by atoms with van der Waals surface area (Å²) in [5.74, 6) is 1.40. The van der Waals surface area contributed by atoms with Crippen molar-refractivity contribution in [2.45, 2.75) is 40.2 Å². The van der Waals surface area contributed by atoms with Crippen molar-refractivity contribution in [3.8, 4) is 5.75 Å². The lowest BCUT2D eigenvalue weighted by molar-refractivity contribution is 0.244. The quantitative estimate of drug-likeness (QED) is 0.743. The first-order chi connectivity index (χ1) is 8.04. The van der Waals surface area contributed by atoms with Crippen LogP contribution in [0.3, 0.4) is 0 Å². The fourth-order valence-electron chi connectivity index (χ4n) is 1.48. The van der Waals surface area contributed by atoms with Crippen molar-refractivity contribution in [2.75, 3.05) is 17.6 Å². The Labute approximate surface area is 104 Å². The highest BCUT2D eigenvalue weighted by Gasteiger charge is 2.08. The second kappa shape index (κ2) is 6.38. The van der Waals surface area contributed by atoms with E-state index in [1.165, 1.54) is 0 Å². The number of hydrogen-bond donors (Lipinski definition) is 2. The molecule has 1 aromatic carbocycles. The molecule has 3 heteroatoms. The average molecular weight is 236 g/mol. The van der Waals surface area contributed by atoms with Gasteiger partial charge < -0.3 is 15.8 Å². The lowest BCUT2D eigenvalue weighted by Crippen LogP contribution is -2.13. The molecule has 1 unspecified atom stereocenters. The molecule has 0 saturated heterocycles. The van der Waals surface area contributed by atoms with Crippen LogP contribution in [0.1, 0.15) is 34.1 Å². The van der Waals surface area contributed by atoms with Gasteiger partial charge in [0.25, 0.3) is 0 Å². The third-order valence-electron chi connectivity index (χ3n) is 2.77. The van der Waals surface area contributed by atoms with E-state index in [1.807, 2.05) is 32.0 Å². The first-order valence-corrected chi connectivity index (χ1v) is 6.33. The Balaban J connectivity index is 2.72. The standard InChI is InChI=1S/C14H24N2O/c1-5-11(4)9-16-12-7-6-8-13(14(12)15)17-10(2)3/h6-8,10-11,16H,5,9,15H2,1-4H3. The Morgan fingerprint density at radius 2 is 2.00 bits per heavy atom. The summed E-state index contributed by atoms with van der Waals surface area (Å²) in [6.45, 7) is 9.34. The number of ether oxygens (including phenoxy) is 1. The Kier molecular flexibility index (Phi) is 5.13. The van der Waals surface area contributed by atoms with Crippen molar-refractivity contribution in [2.24, 2.45) is 5.92 Å². The van der Waals surface area contributed by atoms with Gasteiger partial charge in [-0.25, -0.2) is 0 Å². The molecule has 1 aromatic rings. The van der Waals surface area contributed by atoms with Crippen LogP contribution in [-0.4, -0.2) is 12.6 Å². The summed E-state index contributed by atoms with van der Waals surface area (Å²) in [7, 11) is 0. The molecule has 0 heterocycles. The normalized spacial score (nSPS) is 12.5. The molecule has 0 aliphatic carbocycles. The summed E-state index contributed by atoms with van der Waals surface area (Å²) in [6.07, 6.45) is 1.30. The molecule has 1 rings (SSSR count). The summed E-state index contributed by atoms with van der Waals surface area (Å²) in [5.41, 5.74) is 7.73. The lowest BCUT2D eigenvalue weighted by Gasteiger charge is -2.17. The van der Waals surface area contributed by atoms with Gasteiger partial charge in [-0.05, 0) is 31.9 Å². The molecular formula is C14H24N2O. The summed E-state index contributed by atoms with van der Waals surface area (Å²) in [4.78, 5) is 0. The highest BCUT2D eigenvalue weighted by atomic mass is 16.5. The van der Waals surface area contributed by atoms with Crippen molar-refractivity contribution in [3.05, 3.63) is 18.2 Å². The highest BCUT2D eigenvalue weighted by molar-refractivity contribution is 5.72. The second-order valence-electron chi connectivity index (χ2n) is 4.78. The Morgan fingerprint density at radius 1 is 1.29 bits per heavy atom. The van der Waals surface area contributed by atoms with Gasteiger partial charge >= 0.3 is 0 Å². The predicted molar refractivity (Wildman–Crippen MR) is 74.6 cm³/mol. The van der Waals surface area contributed by atoms with Gasteiger partial charge in [0, 0.05) is 6.54 Å². The number of para-hydroxylation sites is 1. The molecule has 17 heavy (non-hydrogen) atoms. The molecule has 0 aliphatic rings. The summed E-state index contributed by atoms with van der Waals surface area (Å²) in [5, 5.41) is 3.37. The van der Waals surface area contributed by atoms with E-state index < -0.39 is 0 Å². The third kappa shape index (κ3) is 4.17. The smallest absolute Gasteiger partial charge is 0.144 e. The minimum Gasteiger partial charge on any atom is -0.489 e. The molecule has 0 saturated carbocycles. The molecule has 0 bridgehead atoms. The lowest BCUT2D eigenvalue weighted by atomic mass is 10.1. The van der Waals surface area contributed by atoms with E-state index in [9.17, 15) is 0 Å². The SMILES string of the molecule is CCC(C)CNc1cccc(OC(C)C)c1N. The Bertz CT molecular complexity index is 350. The molecule has 0 aliphatic heterocycles. The van der Waals surface area contributed by atoms with Crippen molar-refractivity contribution in [1.82, 2.24) is 0 Å². The van der Waals surface area contributed by atoms with Crippen LogP contribution in [0.2, 0.25) is 0 Å². The number of anilines is 2. The highest BCUT2D eigenvalue weighted by Crippen LogP contribution is 2.30. The van der Waals surface area contributed by atoms with Crippen LogP contribution in [0.5, 0.6) is 5.75 Å². The summed E-state index contributed by atoms with van der Waals surface area (Å²) in [6, 6.07) is 5.86. The minimum atomic E-state index is 0.141. The van der Waals surface area contributed by atoms with Gasteiger partial charge in [0.2, 0.25) is 0 Å². The van der Waals surface area contributed by atoms with Gasteiger partial charge in [0.05, 0.1) is 17.5 Å². The molecule has 0 amide bonds. The molecule has 0 fully saturated rings. The average Bonchev–Trinajstić information content (AvgIpc) is 2.29. The number of nitrogens with one attached hydrogen (secondary N) is 1. The number of rotatable bonds is 6. The van der Waals surface area contributed by atoms with Crippen molar-refractivity contribution in [3.63, 3.8) is 0 Å². The maximum absolute atomic E-state index is 6.07. The van der Waals surface area contributed by atoms with Crippen molar-refractivity contribution >= 4 is 11.4 Å². The Hall–Kier alpha value is -1.38. The molecule has 96 valence electrons. The van der Waals surface area contributed by atoms with Crippen molar-refractivity contribution in [1.29, 1.82) is 0 Å². The number of nitrogens with two attached hydrogens (primary N) is 1. The van der Waals surface area contributed by atoms with Crippen molar-refractivity contribution < 1.29 is 4.74 Å². The maximum Gasteiger partial charge on any atom is 0.144 e. The number of hydrogen-bond acceptors (Lipinski definition) is 3. The van der Waals surface area contributed by atoms with Crippen LogP contribution in [0.25, 0.3) is 0 Å². The zero-order valence-corrected chi connectivity index (χ0v) is 11.3. The fraction of sp³-hybridized carbons (Fsp3) is 0.571. The predicted octanol–water partition coefficient (Wildman–Crippen LogP) is 3.51. The molecule has 0 aromatic heterocycles. The van der Waals surface area contributed by atoms with Gasteiger partial charge in [-0.3, -0.25) is 0 Å². The topological polar surface area (TPSA) is 47.3 Å². The minimum absolute atomic E-state index is 0.141. The van der Waals surface area contributed by atoms with Gasteiger partial charge in [0.1, 0.15) is 5.75 Å². The van der Waals surface area contributed by atoms with Crippen LogP contribution in [-0.2, 0) is 0 Å². The van der Waals surface area contributed by atoms with Gasteiger partial charge in [0.15, 0.2) is 0 Å². The van der Waals surface area contributed by atoms with E-state index in [0.717, 1.165) is 24.4 Å². The van der Waals surface area contributed by atoms with Crippen LogP contribution < -0.4 is 15.8 Å². The van der Waals surface area contributed by atoms with E-state index in [4.69, 9.17) is 10.5 Å². The summed E-state index contributed by atoms with van der Waals surface area (Å²) < 4.78 is 5.65. The first-order valence-electron chi connectivity index (χ1n) is 6.33. The summed E-state index contributed by atoms with van der Waals surface area (Å²) >= 11 is 0. The Morgan fingerprint density at radius 3 is 2.59 bits per heavy atom. The first kappa shape index (κ1) is 13.7. The third-order valence-corrected chi connectivity index (χ3v) is 2.77. The van der Waals surface area contributed by atoms with Gasteiger partial charge in [-0.1, -0.05) is 26.3 Å².